The van der Waals surface area contributed by atoms with Gasteiger partial charge in [-0.1, -0.05) is 12.1 Å². The quantitative estimate of drug-likeness (QED) is 0.866. The van der Waals surface area contributed by atoms with Gasteiger partial charge in [-0.2, -0.15) is 0 Å². The summed E-state index contributed by atoms with van der Waals surface area (Å²) in [4.78, 5) is 14.6. The van der Waals surface area contributed by atoms with Crippen molar-refractivity contribution >= 4 is 11.6 Å². The van der Waals surface area contributed by atoms with Gasteiger partial charge in [-0.3, -0.25) is 4.79 Å². The summed E-state index contributed by atoms with van der Waals surface area (Å²) in [7, 11) is 1.85. The van der Waals surface area contributed by atoms with Crippen molar-refractivity contribution in [3.63, 3.8) is 0 Å². The van der Waals surface area contributed by atoms with E-state index in [2.05, 4.69) is 19.2 Å². The summed E-state index contributed by atoms with van der Waals surface area (Å²) in [5, 5.41) is 3.09. The zero-order chi connectivity index (χ0) is 13.1. The Balaban J connectivity index is 2.20. The summed E-state index contributed by atoms with van der Waals surface area (Å²) in [6.07, 6.45) is 2.54. The molecule has 98 valence electrons. The van der Waals surface area contributed by atoms with Crippen molar-refractivity contribution < 1.29 is 4.79 Å². The molecule has 0 radical (unpaired) electrons. The molecule has 0 aromatic heterocycles. The summed E-state index contributed by atoms with van der Waals surface area (Å²) >= 11 is 0. The average molecular weight is 246 g/mol. The van der Waals surface area contributed by atoms with E-state index in [0.717, 1.165) is 23.7 Å². The molecule has 1 aromatic carbocycles. The third kappa shape index (κ3) is 2.84. The van der Waals surface area contributed by atoms with E-state index >= 15 is 0 Å². The molecule has 0 spiro atoms. The first-order valence-electron chi connectivity index (χ1n) is 6.71. The molecule has 0 atom stereocenters. The zero-order valence-corrected chi connectivity index (χ0v) is 11.4. The van der Waals surface area contributed by atoms with Crippen LogP contribution in [-0.2, 0) is 0 Å². The summed E-state index contributed by atoms with van der Waals surface area (Å²) in [5.74, 6) is 0.861. The SMILES string of the molecule is CNc1ccccc1C(=O)N(CC1CC1)C(C)C. The van der Waals surface area contributed by atoms with E-state index in [9.17, 15) is 4.79 Å². The van der Waals surface area contributed by atoms with E-state index in [1.807, 2.05) is 36.2 Å². The second-order valence-electron chi connectivity index (χ2n) is 5.29. The number of anilines is 1. The van der Waals surface area contributed by atoms with Gasteiger partial charge in [-0.15, -0.1) is 0 Å². The second kappa shape index (κ2) is 5.42. The number of nitrogens with one attached hydrogen (secondary N) is 1. The van der Waals surface area contributed by atoms with E-state index in [0.29, 0.717) is 0 Å². The summed E-state index contributed by atoms with van der Waals surface area (Å²) in [6, 6.07) is 7.97. The Morgan fingerprint density at radius 1 is 1.39 bits per heavy atom. The number of carbonyl (C=O) groups is 1. The topological polar surface area (TPSA) is 32.3 Å². The number of para-hydroxylation sites is 1. The maximum Gasteiger partial charge on any atom is 0.256 e. The number of hydrogen-bond acceptors (Lipinski definition) is 2. The Kier molecular flexibility index (Phi) is 3.90. The monoisotopic (exact) mass is 246 g/mol. The molecule has 3 nitrogen and oxygen atoms in total. The molecule has 1 aliphatic rings. The first kappa shape index (κ1) is 12.9. The predicted octanol–water partition coefficient (Wildman–Crippen LogP) is 2.99. The molecule has 1 fully saturated rings. The highest BCUT2D eigenvalue weighted by Crippen LogP contribution is 2.31. The van der Waals surface area contributed by atoms with Crippen molar-refractivity contribution in [1.82, 2.24) is 4.90 Å². The number of rotatable bonds is 5. The van der Waals surface area contributed by atoms with Crippen LogP contribution in [0.2, 0.25) is 0 Å². The van der Waals surface area contributed by atoms with Gasteiger partial charge in [-0.05, 0) is 44.7 Å². The van der Waals surface area contributed by atoms with E-state index < -0.39 is 0 Å². The minimum atomic E-state index is 0.141. The Morgan fingerprint density at radius 2 is 2.06 bits per heavy atom. The number of amides is 1. The second-order valence-corrected chi connectivity index (χ2v) is 5.29. The molecule has 0 bridgehead atoms. The molecular formula is C15H22N2O. The lowest BCUT2D eigenvalue weighted by molar-refractivity contribution is 0.0697. The highest BCUT2D eigenvalue weighted by molar-refractivity contribution is 5.99. The fourth-order valence-corrected chi connectivity index (χ4v) is 2.15. The van der Waals surface area contributed by atoms with E-state index in [1.165, 1.54) is 12.8 Å². The number of benzene rings is 1. The van der Waals surface area contributed by atoms with Gasteiger partial charge < -0.3 is 10.2 Å². The van der Waals surface area contributed by atoms with Gasteiger partial charge in [-0.25, -0.2) is 0 Å². The van der Waals surface area contributed by atoms with Crippen LogP contribution in [0.1, 0.15) is 37.0 Å². The first-order chi connectivity index (χ1) is 8.63. The van der Waals surface area contributed by atoms with Crippen LogP contribution in [0, 0.1) is 5.92 Å². The van der Waals surface area contributed by atoms with Gasteiger partial charge in [0.25, 0.3) is 5.91 Å². The predicted molar refractivity (Wildman–Crippen MR) is 74.9 cm³/mol. The molecule has 1 amide bonds. The molecule has 1 N–H and O–H groups in total. The molecule has 18 heavy (non-hydrogen) atoms. The maximum atomic E-state index is 12.6. The van der Waals surface area contributed by atoms with Crippen LogP contribution >= 0.6 is 0 Å². The molecule has 1 aromatic rings. The standard InChI is InChI=1S/C15H22N2O/c1-11(2)17(10-12-8-9-12)15(18)13-6-4-5-7-14(13)16-3/h4-7,11-12,16H,8-10H2,1-3H3. The van der Waals surface area contributed by atoms with Crippen molar-refractivity contribution in [2.24, 2.45) is 5.92 Å². The van der Waals surface area contributed by atoms with Crippen molar-refractivity contribution in [3.8, 4) is 0 Å². The van der Waals surface area contributed by atoms with Crippen LogP contribution in [0.5, 0.6) is 0 Å². The molecule has 3 heteroatoms. The van der Waals surface area contributed by atoms with Crippen LogP contribution in [-0.4, -0.2) is 30.4 Å². The number of hydrogen-bond donors (Lipinski definition) is 1. The normalized spacial score (nSPS) is 14.7. The van der Waals surface area contributed by atoms with Crippen molar-refractivity contribution in [2.45, 2.75) is 32.7 Å². The fraction of sp³-hybridized carbons (Fsp3) is 0.533. The average Bonchev–Trinajstić information content (AvgIpc) is 3.18. The minimum Gasteiger partial charge on any atom is -0.387 e. The molecule has 2 rings (SSSR count). The van der Waals surface area contributed by atoms with E-state index in [4.69, 9.17) is 0 Å². The Bertz CT molecular complexity index is 424. The molecule has 1 saturated carbocycles. The van der Waals surface area contributed by atoms with Crippen LogP contribution in [0.3, 0.4) is 0 Å². The largest absolute Gasteiger partial charge is 0.387 e. The molecule has 0 saturated heterocycles. The Hall–Kier alpha value is -1.51. The summed E-state index contributed by atoms with van der Waals surface area (Å²) in [6.45, 7) is 5.07. The third-order valence-electron chi connectivity index (χ3n) is 3.46. The maximum absolute atomic E-state index is 12.6. The fourth-order valence-electron chi connectivity index (χ4n) is 2.15. The highest BCUT2D eigenvalue weighted by Gasteiger charge is 2.29. The number of nitrogens with zero attached hydrogens (tertiary/aromatic N) is 1. The smallest absolute Gasteiger partial charge is 0.256 e. The highest BCUT2D eigenvalue weighted by atomic mass is 16.2. The lowest BCUT2D eigenvalue weighted by Crippen LogP contribution is -2.38. The molecule has 0 aliphatic heterocycles. The van der Waals surface area contributed by atoms with Gasteiger partial charge >= 0.3 is 0 Å². The van der Waals surface area contributed by atoms with Gasteiger partial charge in [0, 0.05) is 25.3 Å². The van der Waals surface area contributed by atoms with Gasteiger partial charge in [0.15, 0.2) is 0 Å². The minimum absolute atomic E-state index is 0.141. The first-order valence-corrected chi connectivity index (χ1v) is 6.71. The summed E-state index contributed by atoms with van der Waals surface area (Å²) in [5.41, 5.74) is 1.68. The molecule has 1 aliphatic carbocycles. The molecule has 0 heterocycles. The van der Waals surface area contributed by atoms with Crippen molar-refractivity contribution in [2.75, 3.05) is 18.9 Å². The lowest BCUT2D eigenvalue weighted by atomic mass is 10.1. The number of carbonyl (C=O) groups excluding carboxylic acids is 1. The van der Waals surface area contributed by atoms with Gasteiger partial charge in [0.1, 0.15) is 0 Å². The molecule has 0 unspecified atom stereocenters. The van der Waals surface area contributed by atoms with Gasteiger partial charge in [0.05, 0.1) is 5.56 Å². The third-order valence-corrected chi connectivity index (χ3v) is 3.46. The summed E-state index contributed by atoms with van der Waals surface area (Å²) < 4.78 is 0. The van der Waals surface area contributed by atoms with Gasteiger partial charge in [0.2, 0.25) is 0 Å². The van der Waals surface area contributed by atoms with Crippen LogP contribution in [0.4, 0.5) is 5.69 Å². The van der Waals surface area contributed by atoms with E-state index in [1.54, 1.807) is 0 Å². The Morgan fingerprint density at radius 3 is 2.61 bits per heavy atom. The van der Waals surface area contributed by atoms with Crippen molar-refractivity contribution in [1.29, 1.82) is 0 Å². The van der Waals surface area contributed by atoms with Crippen LogP contribution in [0.15, 0.2) is 24.3 Å². The Labute approximate surface area is 109 Å². The lowest BCUT2D eigenvalue weighted by Gasteiger charge is -2.27. The van der Waals surface area contributed by atoms with Crippen molar-refractivity contribution in [3.05, 3.63) is 29.8 Å². The zero-order valence-electron chi connectivity index (χ0n) is 11.4. The van der Waals surface area contributed by atoms with E-state index in [-0.39, 0.29) is 11.9 Å². The van der Waals surface area contributed by atoms with Crippen LogP contribution < -0.4 is 5.32 Å². The molecular weight excluding hydrogens is 224 g/mol. The van der Waals surface area contributed by atoms with Crippen LogP contribution in [0.25, 0.3) is 0 Å².